The molecule has 0 spiro atoms. The van der Waals surface area contributed by atoms with Gasteiger partial charge in [0.1, 0.15) is 4.83 Å². The second-order valence-electron chi connectivity index (χ2n) is 5.14. The van der Waals surface area contributed by atoms with E-state index in [4.69, 9.17) is 5.84 Å². The van der Waals surface area contributed by atoms with Crippen LogP contribution in [0.25, 0.3) is 21.3 Å². The maximum absolute atomic E-state index is 12.5. The monoisotopic (exact) mass is 344 g/mol. The average molecular weight is 344 g/mol. The fourth-order valence-electron chi connectivity index (χ4n) is 2.78. The SMILES string of the molecule is NNC(=O)CSc1nc2sc3c(c2c(=O)[nH]1)-c1ccccc1C3. The van der Waals surface area contributed by atoms with Crippen LogP contribution in [0.3, 0.4) is 0 Å². The minimum atomic E-state index is -0.319. The molecule has 0 aliphatic heterocycles. The number of amides is 1. The number of rotatable bonds is 3. The minimum Gasteiger partial charge on any atom is -0.301 e. The third-order valence-corrected chi connectivity index (χ3v) is 5.71. The molecule has 0 radical (unpaired) electrons. The Kier molecular flexibility index (Phi) is 3.44. The number of aromatic nitrogens is 2. The Morgan fingerprint density at radius 3 is 3.09 bits per heavy atom. The Hall–Kier alpha value is -2.16. The number of fused-ring (bicyclic) bond motifs is 5. The number of aromatic amines is 1. The van der Waals surface area contributed by atoms with E-state index in [9.17, 15) is 9.59 Å². The maximum atomic E-state index is 12.5. The molecule has 4 N–H and O–H groups in total. The van der Waals surface area contributed by atoms with Crippen LogP contribution in [-0.2, 0) is 11.2 Å². The van der Waals surface area contributed by atoms with E-state index in [1.807, 2.05) is 18.2 Å². The van der Waals surface area contributed by atoms with E-state index < -0.39 is 0 Å². The van der Waals surface area contributed by atoms with Gasteiger partial charge >= 0.3 is 0 Å². The summed E-state index contributed by atoms with van der Waals surface area (Å²) in [6, 6.07) is 8.12. The molecule has 0 bridgehead atoms. The van der Waals surface area contributed by atoms with Gasteiger partial charge in [0, 0.05) is 16.9 Å². The topological polar surface area (TPSA) is 101 Å². The van der Waals surface area contributed by atoms with Gasteiger partial charge in [0.2, 0.25) is 5.91 Å². The Bertz CT molecular complexity index is 993. The molecule has 23 heavy (non-hydrogen) atoms. The van der Waals surface area contributed by atoms with E-state index in [2.05, 4.69) is 21.5 Å². The van der Waals surface area contributed by atoms with Crippen LogP contribution < -0.4 is 16.8 Å². The molecule has 1 amide bonds. The van der Waals surface area contributed by atoms with Gasteiger partial charge in [-0.25, -0.2) is 10.8 Å². The summed E-state index contributed by atoms with van der Waals surface area (Å²) in [5.74, 6) is 4.84. The molecule has 4 rings (SSSR count). The van der Waals surface area contributed by atoms with Crippen molar-refractivity contribution in [2.45, 2.75) is 11.6 Å². The quantitative estimate of drug-likeness (QED) is 0.172. The van der Waals surface area contributed by atoms with Gasteiger partial charge in [-0.2, -0.15) is 0 Å². The van der Waals surface area contributed by atoms with E-state index in [1.54, 1.807) is 11.3 Å². The highest BCUT2D eigenvalue weighted by Gasteiger charge is 2.25. The van der Waals surface area contributed by atoms with Crippen molar-refractivity contribution in [3.63, 3.8) is 0 Å². The predicted molar refractivity (Wildman–Crippen MR) is 91.5 cm³/mol. The number of thioether (sulfide) groups is 1. The number of carbonyl (C=O) groups excluding carboxylic acids is 1. The number of carbonyl (C=O) groups is 1. The molecule has 2 heterocycles. The van der Waals surface area contributed by atoms with Crippen LogP contribution in [0.15, 0.2) is 34.2 Å². The molecule has 8 heteroatoms. The summed E-state index contributed by atoms with van der Waals surface area (Å²) in [4.78, 5) is 32.8. The van der Waals surface area contributed by atoms with Crippen LogP contribution in [-0.4, -0.2) is 21.6 Å². The highest BCUT2D eigenvalue weighted by atomic mass is 32.2. The van der Waals surface area contributed by atoms with Crippen LogP contribution >= 0.6 is 23.1 Å². The highest BCUT2D eigenvalue weighted by Crippen LogP contribution is 2.44. The first kappa shape index (κ1) is 14.4. The van der Waals surface area contributed by atoms with Gasteiger partial charge in [-0.05, 0) is 11.1 Å². The number of nitrogens with zero attached hydrogens (tertiary/aromatic N) is 1. The second-order valence-corrected chi connectivity index (χ2v) is 7.19. The fourth-order valence-corrected chi connectivity index (χ4v) is 4.72. The molecule has 1 aliphatic carbocycles. The summed E-state index contributed by atoms with van der Waals surface area (Å²) in [7, 11) is 0. The van der Waals surface area contributed by atoms with Crippen molar-refractivity contribution >= 4 is 39.2 Å². The molecular formula is C15H12N4O2S2. The van der Waals surface area contributed by atoms with Gasteiger partial charge in [-0.15, -0.1) is 11.3 Å². The Morgan fingerprint density at radius 1 is 1.43 bits per heavy atom. The van der Waals surface area contributed by atoms with Crippen LogP contribution in [0, 0.1) is 0 Å². The zero-order valence-corrected chi connectivity index (χ0v) is 13.5. The molecule has 116 valence electrons. The van der Waals surface area contributed by atoms with Crippen LogP contribution in [0.4, 0.5) is 0 Å². The maximum Gasteiger partial charge on any atom is 0.260 e. The Balaban J connectivity index is 1.80. The summed E-state index contributed by atoms with van der Waals surface area (Å²) in [6.45, 7) is 0. The van der Waals surface area contributed by atoms with Crippen molar-refractivity contribution in [1.82, 2.24) is 15.4 Å². The first-order valence-corrected chi connectivity index (χ1v) is 8.74. The standard InChI is InChI=1S/C15H12N4O2S2/c16-19-10(20)6-22-15-17-13(21)12-11-8-4-2-1-3-7(8)5-9(11)23-14(12)18-15/h1-4H,5-6,16H2,(H,19,20)(H,17,18,21). The van der Waals surface area contributed by atoms with Crippen molar-refractivity contribution in [1.29, 1.82) is 0 Å². The predicted octanol–water partition coefficient (Wildman–Crippen LogP) is 1.64. The summed E-state index contributed by atoms with van der Waals surface area (Å²) in [5, 5.41) is 1.07. The van der Waals surface area contributed by atoms with Crippen molar-refractivity contribution in [3.05, 3.63) is 45.1 Å². The minimum absolute atomic E-state index is 0.110. The average Bonchev–Trinajstić information content (AvgIpc) is 3.07. The number of hydrazine groups is 1. The van der Waals surface area contributed by atoms with E-state index in [0.29, 0.717) is 15.4 Å². The third-order valence-electron chi connectivity index (χ3n) is 3.75. The van der Waals surface area contributed by atoms with Crippen LogP contribution in [0.1, 0.15) is 10.4 Å². The normalized spacial score (nSPS) is 12.2. The molecule has 6 nitrogen and oxygen atoms in total. The zero-order chi connectivity index (χ0) is 16.0. The fraction of sp³-hybridized carbons (Fsp3) is 0.133. The molecule has 0 atom stereocenters. The van der Waals surface area contributed by atoms with Crippen LogP contribution in [0.5, 0.6) is 0 Å². The molecule has 0 saturated carbocycles. The lowest BCUT2D eigenvalue weighted by Gasteiger charge is -2.02. The van der Waals surface area contributed by atoms with Crippen molar-refractivity contribution in [2.24, 2.45) is 5.84 Å². The number of nitrogens with two attached hydrogens (primary N) is 1. The van der Waals surface area contributed by atoms with Crippen molar-refractivity contribution in [3.8, 4) is 11.1 Å². The molecular weight excluding hydrogens is 332 g/mol. The summed E-state index contributed by atoms with van der Waals surface area (Å²) in [5.41, 5.74) is 5.25. The van der Waals surface area contributed by atoms with E-state index in [-0.39, 0.29) is 17.2 Å². The molecule has 0 saturated heterocycles. The number of benzene rings is 1. The van der Waals surface area contributed by atoms with Crippen molar-refractivity contribution < 1.29 is 4.79 Å². The molecule has 1 aliphatic rings. The van der Waals surface area contributed by atoms with Gasteiger partial charge in [-0.1, -0.05) is 36.0 Å². The number of hydrogen-bond donors (Lipinski definition) is 3. The van der Waals surface area contributed by atoms with Gasteiger partial charge < -0.3 is 4.98 Å². The lowest BCUT2D eigenvalue weighted by Crippen LogP contribution is -2.31. The smallest absolute Gasteiger partial charge is 0.260 e. The number of H-pyrrole nitrogens is 1. The first-order chi connectivity index (χ1) is 11.2. The number of thiophene rings is 1. The zero-order valence-electron chi connectivity index (χ0n) is 11.9. The van der Waals surface area contributed by atoms with E-state index in [1.165, 1.54) is 10.4 Å². The van der Waals surface area contributed by atoms with E-state index >= 15 is 0 Å². The van der Waals surface area contributed by atoms with Gasteiger partial charge in [0.15, 0.2) is 5.16 Å². The first-order valence-electron chi connectivity index (χ1n) is 6.93. The summed E-state index contributed by atoms with van der Waals surface area (Å²) in [6.07, 6.45) is 0.837. The Labute approximate surface area is 139 Å². The van der Waals surface area contributed by atoms with Gasteiger partial charge in [0.25, 0.3) is 5.56 Å². The van der Waals surface area contributed by atoms with Gasteiger partial charge in [0.05, 0.1) is 11.1 Å². The molecule has 3 aromatic rings. The lowest BCUT2D eigenvalue weighted by molar-refractivity contribution is -0.118. The Morgan fingerprint density at radius 2 is 2.26 bits per heavy atom. The second kappa shape index (κ2) is 5.48. The van der Waals surface area contributed by atoms with E-state index in [0.717, 1.165) is 29.3 Å². The lowest BCUT2D eigenvalue weighted by atomic mass is 10.1. The highest BCUT2D eigenvalue weighted by molar-refractivity contribution is 7.99. The largest absolute Gasteiger partial charge is 0.301 e. The summed E-state index contributed by atoms with van der Waals surface area (Å²) < 4.78 is 0. The van der Waals surface area contributed by atoms with Crippen LogP contribution in [0.2, 0.25) is 0 Å². The molecule has 0 unspecified atom stereocenters. The molecule has 1 aromatic carbocycles. The summed E-state index contributed by atoms with van der Waals surface area (Å²) >= 11 is 2.70. The third kappa shape index (κ3) is 2.35. The molecule has 2 aromatic heterocycles. The van der Waals surface area contributed by atoms with Gasteiger partial charge in [-0.3, -0.25) is 15.0 Å². The number of hydrogen-bond acceptors (Lipinski definition) is 6. The van der Waals surface area contributed by atoms with Crippen molar-refractivity contribution in [2.75, 3.05) is 5.75 Å². The number of nitrogens with one attached hydrogen (secondary N) is 2. The molecule has 0 fully saturated rings.